The van der Waals surface area contributed by atoms with Gasteiger partial charge >= 0.3 is 0 Å². The zero-order chi connectivity index (χ0) is 19.4. The van der Waals surface area contributed by atoms with E-state index in [1.807, 2.05) is 19.1 Å². The molecule has 7 heteroatoms. The summed E-state index contributed by atoms with van der Waals surface area (Å²) < 4.78 is 23.6. The lowest BCUT2D eigenvalue weighted by atomic mass is 10.0. The smallest absolute Gasteiger partial charge is 0.252 e. The molecule has 0 bridgehead atoms. The molecular weight excluding hydrogens is 362 g/mol. The largest absolute Gasteiger partial charge is 0.356 e. The van der Waals surface area contributed by atoms with Crippen LogP contribution in [0.1, 0.15) is 34.8 Å². The van der Waals surface area contributed by atoms with Crippen LogP contribution in [0, 0.1) is 0 Å². The van der Waals surface area contributed by atoms with E-state index in [0.29, 0.717) is 17.0 Å². The Morgan fingerprint density at radius 1 is 1.15 bits per heavy atom. The number of carbonyl (C=O) groups excluding carboxylic acids is 1. The van der Waals surface area contributed by atoms with Gasteiger partial charge in [0.25, 0.3) is 5.91 Å². The maximum absolute atomic E-state index is 12.0. The van der Waals surface area contributed by atoms with Crippen molar-refractivity contribution < 1.29 is 13.2 Å². The van der Waals surface area contributed by atoms with Crippen molar-refractivity contribution in [2.45, 2.75) is 31.1 Å². The van der Waals surface area contributed by atoms with Gasteiger partial charge in [0, 0.05) is 32.1 Å². The summed E-state index contributed by atoms with van der Waals surface area (Å²) in [7, 11) is -3.20. The molecule has 2 aromatic rings. The van der Waals surface area contributed by atoms with Crippen LogP contribution >= 0.6 is 0 Å². The fourth-order valence-corrected chi connectivity index (χ4v) is 3.88. The van der Waals surface area contributed by atoms with Crippen molar-refractivity contribution in [3.8, 4) is 0 Å². The van der Waals surface area contributed by atoms with Gasteiger partial charge in [0.15, 0.2) is 9.84 Å². The van der Waals surface area contributed by atoms with Crippen molar-refractivity contribution in [1.29, 1.82) is 0 Å². The second-order valence-electron chi connectivity index (χ2n) is 6.85. The van der Waals surface area contributed by atoms with E-state index in [4.69, 9.17) is 0 Å². The standard InChI is InChI=1S/C20H25N3O3S/c1-3-10-21-20(24)17-5-7-19(22-14-17)23-11-8-15-4-6-18(27(2,25)26)13-16(15)9-12-23/h4-7,13-14H,3,8-12H2,1-2H3,(H,21,24). The molecule has 0 unspecified atom stereocenters. The number of nitrogens with one attached hydrogen (secondary N) is 1. The van der Waals surface area contributed by atoms with Gasteiger partial charge in [0.05, 0.1) is 10.5 Å². The highest BCUT2D eigenvalue weighted by atomic mass is 32.2. The van der Waals surface area contributed by atoms with E-state index in [9.17, 15) is 13.2 Å². The first kappa shape index (κ1) is 19.4. The van der Waals surface area contributed by atoms with Gasteiger partial charge in [-0.15, -0.1) is 0 Å². The Bertz CT molecular complexity index is 924. The van der Waals surface area contributed by atoms with Crippen LogP contribution in [-0.4, -0.2) is 45.2 Å². The lowest BCUT2D eigenvalue weighted by molar-refractivity contribution is 0.0953. The van der Waals surface area contributed by atoms with Crippen LogP contribution < -0.4 is 10.2 Å². The number of carbonyl (C=O) groups is 1. The molecule has 1 aliphatic rings. The van der Waals surface area contributed by atoms with Gasteiger partial charge in [-0.2, -0.15) is 0 Å². The fraction of sp³-hybridized carbons (Fsp3) is 0.400. The van der Waals surface area contributed by atoms with Gasteiger partial charge in [-0.3, -0.25) is 4.79 Å². The first-order chi connectivity index (χ1) is 12.9. The summed E-state index contributed by atoms with van der Waals surface area (Å²) in [6.45, 7) is 4.23. The number of benzene rings is 1. The molecule has 1 aromatic carbocycles. The van der Waals surface area contributed by atoms with Crippen molar-refractivity contribution in [2.24, 2.45) is 0 Å². The molecule has 1 aromatic heterocycles. The van der Waals surface area contributed by atoms with Crippen molar-refractivity contribution in [2.75, 3.05) is 30.8 Å². The first-order valence-corrected chi connectivity index (χ1v) is 11.1. The fourth-order valence-electron chi connectivity index (χ4n) is 3.21. The quantitative estimate of drug-likeness (QED) is 0.851. The molecule has 1 N–H and O–H groups in total. The Kier molecular flexibility index (Phi) is 5.79. The van der Waals surface area contributed by atoms with Gasteiger partial charge in [-0.25, -0.2) is 13.4 Å². The Labute approximate surface area is 160 Å². The zero-order valence-corrected chi connectivity index (χ0v) is 16.6. The minimum atomic E-state index is -3.20. The molecular formula is C20H25N3O3S. The molecule has 0 radical (unpaired) electrons. The third-order valence-corrected chi connectivity index (χ3v) is 5.89. The van der Waals surface area contributed by atoms with Crippen LogP contribution in [0.3, 0.4) is 0 Å². The molecule has 0 atom stereocenters. The van der Waals surface area contributed by atoms with Gasteiger partial charge in [-0.1, -0.05) is 13.0 Å². The van der Waals surface area contributed by atoms with Crippen LogP contribution in [0.5, 0.6) is 0 Å². The molecule has 0 aliphatic carbocycles. The Morgan fingerprint density at radius 3 is 2.52 bits per heavy atom. The third-order valence-electron chi connectivity index (χ3n) is 4.78. The predicted octanol–water partition coefficient (Wildman–Crippen LogP) is 2.23. The molecule has 2 heterocycles. The number of hydrogen-bond acceptors (Lipinski definition) is 5. The Hall–Kier alpha value is -2.41. The van der Waals surface area contributed by atoms with Gasteiger partial charge in [0.2, 0.25) is 0 Å². The highest BCUT2D eigenvalue weighted by Crippen LogP contribution is 2.22. The lowest BCUT2D eigenvalue weighted by Crippen LogP contribution is -2.27. The van der Waals surface area contributed by atoms with E-state index in [-0.39, 0.29) is 5.91 Å². The van der Waals surface area contributed by atoms with E-state index < -0.39 is 9.84 Å². The minimum Gasteiger partial charge on any atom is -0.356 e. The van der Waals surface area contributed by atoms with Crippen LogP contribution in [0.4, 0.5) is 5.82 Å². The number of pyridine rings is 1. The average Bonchev–Trinajstić information content (AvgIpc) is 2.87. The summed E-state index contributed by atoms with van der Waals surface area (Å²) in [6.07, 6.45) is 5.34. The van der Waals surface area contributed by atoms with E-state index in [1.165, 1.54) is 11.8 Å². The number of hydrogen-bond donors (Lipinski definition) is 1. The molecule has 6 nitrogen and oxygen atoms in total. The summed E-state index contributed by atoms with van der Waals surface area (Å²) in [5.41, 5.74) is 2.82. The second-order valence-corrected chi connectivity index (χ2v) is 8.87. The molecule has 0 saturated heterocycles. The Balaban J connectivity index is 1.72. The van der Waals surface area contributed by atoms with Crippen molar-refractivity contribution in [1.82, 2.24) is 10.3 Å². The summed E-state index contributed by atoms with van der Waals surface area (Å²) in [5.74, 6) is 0.727. The van der Waals surface area contributed by atoms with Gasteiger partial charge in [0.1, 0.15) is 5.82 Å². The summed E-state index contributed by atoms with van der Waals surface area (Å²) >= 11 is 0. The molecule has 3 rings (SSSR count). The van der Waals surface area contributed by atoms with E-state index >= 15 is 0 Å². The molecule has 0 fully saturated rings. The molecule has 1 amide bonds. The van der Waals surface area contributed by atoms with Crippen molar-refractivity contribution in [3.05, 3.63) is 53.2 Å². The maximum Gasteiger partial charge on any atom is 0.252 e. The number of nitrogens with zero attached hydrogens (tertiary/aromatic N) is 2. The van der Waals surface area contributed by atoms with Crippen molar-refractivity contribution in [3.63, 3.8) is 0 Å². The lowest BCUT2D eigenvalue weighted by Gasteiger charge is -2.21. The SMILES string of the molecule is CCCNC(=O)c1ccc(N2CCc3ccc(S(C)(=O)=O)cc3CC2)nc1. The topological polar surface area (TPSA) is 79.4 Å². The summed E-state index contributed by atoms with van der Waals surface area (Å²) in [4.78, 5) is 19.0. The molecule has 0 spiro atoms. The second kappa shape index (κ2) is 8.08. The maximum atomic E-state index is 12.0. The number of fused-ring (bicyclic) bond motifs is 1. The number of rotatable bonds is 5. The number of aromatic nitrogens is 1. The summed E-state index contributed by atoms with van der Waals surface area (Å²) in [6, 6.07) is 9.07. The van der Waals surface area contributed by atoms with Crippen LogP contribution in [0.15, 0.2) is 41.4 Å². The van der Waals surface area contributed by atoms with E-state index in [1.54, 1.807) is 24.4 Å². The van der Waals surface area contributed by atoms with Crippen molar-refractivity contribution >= 4 is 21.6 Å². The highest BCUT2D eigenvalue weighted by Gasteiger charge is 2.18. The monoisotopic (exact) mass is 387 g/mol. The van der Waals surface area contributed by atoms with Crippen LogP contribution in [0.25, 0.3) is 0 Å². The van der Waals surface area contributed by atoms with E-state index in [0.717, 1.165) is 43.7 Å². The molecule has 27 heavy (non-hydrogen) atoms. The highest BCUT2D eigenvalue weighted by molar-refractivity contribution is 7.90. The zero-order valence-electron chi connectivity index (χ0n) is 15.7. The average molecular weight is 388 g/mol. The minimum absolute atomic E-state index is 0.104. The van der Waals surface area contributed by atoms with Gasteiger partial charge in [-0.05, 0) is 54.7 Å². The number of amides is 1. The number of anilines is 1. The molecule has 144 valence electrons. The first-order valence-electron chi connectivity index (χ1n) is 9.19. The van der Waals surface area contributed by atoms with Crippen LogP contribution in [-0.2, 0) is 22.7 Å². The predicted molar refractivity (Wildman–Crippen MR) is 106 cm³/mol. The van der Waals surface area contributed by atoms with Crippen LogP contribution in [0.2, 0.25) is 0 Å². The van der Waals surface area contributed by atoms with E-state index in [2.05, 4.69) is 15.2 Å². The van der Waals surface area contributed by atoms with Gasteiger partial charge < -0.3 is 10.2 Å². The Morgan fingerprint density at radius 2 is 1.89 bits per heavy atom. The summed E-state index contributed by atoms with van der Waals surface area (Å²) in [5, 5.41) is 2.85. The molecule has 1 aliphatic heterocycles. The third kappa shape index (κ3) is 4.66. The normalized spacial score (nSPS) is 14.4. The number of sulfone groups is 1. The molecule has 0 saturated carbocycles.